The van der Waals surface area contributed by atoms with Crippen molar-refractivity contribution in [2.24, 2.45) is 20.5 Å². The fraction of sp³-hybridized carbons (Fsp3) is 0.231. The SMILES string of the molecule is CCCN(CCC)c1ccc(/N=N/c2nc3ccc(/N=N/c4ccccc4)cc3s2)c(C(=O)O)c1. The maximum absolute atomic E-state index is 11.9. The van der Waals surface area contributed by atoms with Crippen LogP contribution in [0.5, 0.6) is 0 Å². The van der Waals surface area contributed by atoms with Crippen LogP contribution in [0.15, 0.2) is 87.2 Å². The molecule has 1 heterocycles. The monoisotopic (exact) mass is 486 g/mol. The highest BCUT2D eigenvalue weighted by Crippen LogP contribution is 2.33. The average Bonchev–Trinajstić information content (AvgIpc) is 3.29. The topological polar surface area (TPSA) is 103 Å². The summed E-state index contributed by atoms with van der Waals surface area (Å²) in [5.74, 6) is -1.04. The van der Waals surface area contributed by atoms with Crippen LogP contribution in [0, 0.1) is 0 Å². The van der Waals surface area contributed by atoms with Crippen molar-refractivity contribution >= 4 is 55.4 Å². The molecule has 0 aliphatic carbocycles. The Morgan fingerprint density at radius 1 is 0.886 bits per heavy atom. The lowest BCUT2D eigenvalue weighted by atomic mass is 10.1. The normalized spacial score (nSPS) is 11.6. The van der Waals surface area contributed by atoms with Gasteiger partial charge in [0.15, 0.2) is 0 Å². The first kappa shape index (κ1) is 24.2. The summed E-state index contributed by atoms with van der Waals surface area (Å²) in [6.45, 7) is 5.95. The quantitative estimate of drug-likeness (QED) is 0.227. The first-order valence-corrected chi connectivity index (χ1v) is 12.3. The molecule has 0 aliphatic heterocycles. The van der Waals surface area contributed by atoms with Crippen LogP contribution in [0.1, 0.15) is 37.0 Å². The molecule has 3 aromatic carbocycles. The van der Waals surface area contributed by atoms with Gasteiger partial charge < -0.3 is 10.0 Å². The molecule has 178 valence electrons. The van der Waals surface area contributed by atoms with Gasteiger partial charge in [0.05, 0.1) is 27.2 Å². The molecule has 1 N–H and O–H groups in total. The van der Waals surface area contributed by atoms with Crippen molar-refractivity contribution in [3.63, 3.8) is 0 Å². The molecule has 0 atom stereocenters. The van der Waals surface area contributed by atoms with Gasteiger partial charge in [-0.15, -0.1) is 10.2 Å². The number of carbonyl (C=O) groups is 1. The average molecular weight is 487 g/mol. The minimum absolute atomic E-state index is 0.119. The summed E-state index contributed by atoms with van der Waals surface area (Å²) in [6.07, 6.45) is 1.97. The fourth-order valence-corrected chi connectivity index (χ4v) is 4.42. The van der Waals surface area contributed by atoms with Crippen molar-refractivity contribution in [3.05, 3.63) is 72.3 Å². The number of rotatable bonds is 10. The highest BCUT2D eigenvalue weighted by molar-refractivity contribution is 7.21. The Morgan fingerprint density at radius 3 is 2.34 bits per heavy atom. The van der Waals surface area contributed by atoms with Crippen molar-refractivity contribution in [2.45, 2.75) is 26.7 Å². The van der Waals surface area contributed by atoms with E-state index in [1.807, 2.05) is 54.6 Å². The third kappa shape index (κ3) is 6.13. The van der Waals surface area contributed by atoms with E-state index in [1.165, 1.54) is 11.3 Å². The van der Waals surface area contributed by atoms with Crippen LogP contribution >= 0.6 is 11.3 Å². The van der Waals surface area contributed by atoms with Gasteiger partial charge in [-0.1, -0.05) is 43.4 Å². The Morgan fingerprint density at radius 2 is 1.63 bits per heavy atom. The minimum atomic E-state index is -1.04. The fourth-order valence-electron chi connectivity index (χ4n) is 3.60. The van der Waals surface area contributed by atoms with Gasteiger partial charge in [-0.2, -0.15) is 10.2 Å². The van der Waals surface area contributed by atoms with E-state index < -0.39 is 5.97 Å². The standard InChI is InChI=1S/C26H26N6O2S/c1-3-14-32(15-4-2)20-11-13-22(21(17-20)25(33)34)30-31-26-27-23-12-10-19(16-24(23)35-26)29-28-18-8-6-5-7-9-18/h5-13,16-17H,3-4,14-15H2,1-2H3,(H,33,34)/b29-28+,31-30+. The van der Waals surface area contributed by atoms with Gasteiger partial charge >= 0.3 is 5.97 Å². The first-order chi connectivity index (χ1) is 17.1. The van der Waals surface area contributed by atoms with Gasteiger partial charge in [0, 0.05) is 18.8 Å². The van der Waals surface area contributed by atoms with Gasteiger partial charge in [0.25, 0.3) is 0 Å². The Hall–Kier alpha value is -3.98. The van der Waals surface area contributed by atoms with Crippen LogP contribution in [-0.4, -0.2) is 29.1 Å². The minimum Gasteiger partial charge on any atom is -0.478 e. The summed E-state index contributed by atoms with van der Waals surface area (Å²) in [5.41, 5.74) is 3.55. The maximum Gasteiger partial charge on any atom is 0.338 e. The Balaban J connectivity index is 1.56. The van der Waals surface area contributed by atoms with Crippen LogP contribution in [0.4, 0.5) is 27.9 Å². The zero-order valence-corrected chi connectivity index (χ0v) is 20.4. The molecule has 0 fully saturated rings. The number of aromatic carboxylic acids is 1. The molecule has 4 aromatic rings. The summed E-state index contributed by atoms with van der Waals surface area (Å²) < 4.78 is 0.895. The smallest absolute Gasteiger partial charge is 0.338 e. The van der Waals surface area contributed by atoms with Crippen LogP contribution < -0.4 is 4.90 Å². The summed E-state index contributed by atoms with van der Waals surface area (Å²) >= 11 is 1.36. The number of anilines is 1. The lowest BCUT2D eigenvalue weighted by Gasteiger charge is -2.24. The van der Waals surface area contributed by atoms with Gasteiger partial charge in [-0.3, -0.25) is 0 Å². The second-order valence-electron chi connectivity index (χ2n) is 7.88. The molecule has 0 aliphatic rings. The van der Waals surface area contributed by atoms with E-state index in [9.17, 15) is 9.90 Å². The largest absolute Gasteiger partial charge is 0.478 e. The summed E-state index contributed by atoms with van der Waals surface area (Å²) in [7, 11) is 0. The molecule has 9 heteroatoms. The molecule has 1 aromatic heterocycles. The van der Waals surface area contributed by atoms with E-state index in [2.05, 4.69) is 44.2 Å². The predicted molar refractivity (Wildman–Crippen MR) is 141 cm³/mol. The van der Waals surface area contributed by atoms with Crippen molar-refractivity contribution in [1.29, 1.82) is 0 Å². The number of benzene rings is 3. The van der Waals surface area contributed by atoms with Crippen LogP contribution in [0.2, 0.25) is 0 Å². The number of azo groups is 2. The van der Waals surface area contributed by atoms with Gasteiger partial charge in [-0.25, -0.2) is 9.78 Å². The number of hydrogen-bond acceptors (Lipinski definition) is 8. The Kier molecular flexibility index (Phi) is 7.89. The number of carboxylic acid groups (broad SMARTS) is 1. The number of aromatic nitrogens is 1. The van der Waals surface area contributed by atoms with E-state index in [0.717, 1.165) is 47.5 Å². The second-order valence-corrected chi connectivity index (χ2v) is 8.89. The van der Waals surface area contributed by atoms with E-state index in [1.54, 1.807) is 12.1 Å². The third-order valence-electron chi connectivity index (χ3n) is 5.20. The molecule has 0 spiro atoms. The lowest BCUT2D eigenvalue weighted by Crippen LogP contribution is -2.25. The molecule has 4 rings (SSSR count). The highest BCUT2D eigenvalue weighted by atomic mass is 32.1. The van der Waals surface area contributed by atoms with E-state index in [0.29, 0.717) is 16.5 Å². The molecule has 0 amide bonds. The predicted octanol–water partition coefficient (Wildman–Crippen LogP) is 8.45. The number of hydrogen-bond donors (Lipinski definition) is 1. The first-order valence-electron chi connectivity index (χ1n) is 11.5. The third-order valence-corrected chi connectivity index (χ3v) is 6.11. The zero-order valence-electron chi connectivity index (χ0n) is 19.6. The number of nitrogens with zero attached hydrogens (tertiary/aromatic N) is 6. The molecule has 35 heavy (non-hydrogen) atoms. The van der Waals surface area contributed by atoms with Gasteiger partial charge in [0.1, 0.15) is 5.69 Å². The highest BCUT2D eigenvalue weighted by Gasteiger charge is 2.14. The second kappa shape index (κ2) is 11.4. The summed E-state index contributed by atoms with van der Waals surface area (Å²) in [6, 6.07) is 20.4. The van der Waals surface area contributed by atoms with E-state index >= 15 is 0 Å². The number of thiazole rings is 1. The zero-order chi connectivity index (χ0) is 24.6. The van der Waals surface area contributed by atoms with Gasteiger partial charge in [-0.05, 0) is 61.4 Å². The molecular weight excluding hydrogens is 460 g/mol. The molecular formula is C26H26N6O2S. The van der Waals surface area contributed by atoms with Crippen LogP contribution in [-0.2, 0) is 0 Å². The molecule has 0 saturated heterocycles. The molecule has 0 radical (unpaired) electrons. The molecule has 0 unspecified atom stereocenters. The van der Waals surface area contributed by atoms with E-state index in [-0.39, 0.29) is 5.56 Å². The van der Waals surface area contributed by atoms with E-state index in [4.69, 9.17) is 0 Å². The number of carboxylic acids is 1. The van der Waals surface area contributed by atoms with Crippen molar-refractivity contribution in [2.75, 3.05) is 18.0 Å². The Labute approximate surface area is 207 Å². The van der Waals surface area contributed by atoms with Crippen molar-refractivity contribution in [1.82, 2.24) is 4.98 Å². The number of fused-ring (bicyclic) bond motifs is 1. The van der Waals surface area contributed by atoms with Gasteiger partial charge in [0.2, 0.25) is 5.13 Å². The van der Waals surface area contributed by atoms with Crippen LogP contribution in [0.3, 0.4) is 0 Å². The molecule has 8 nitrogen and oxygen atoms in total. The van der Waals surface area contributed by atoms with Crippen molar-refractivity contribution in [3.8, 4) is 0 Å². The molecule has 0 saturated carbocycles. The Bertz CT molecular complexity index is 1360. The van der Waals surface area contributed by atoms with Crippen LogP contribution in [0.25, 0.3) is 10.2 Å². The summed E-state index contributed by atoms with van der Waals surface area (Å²) in [5, 5.41) is 27.2. The summed E-state index contributed by atoms with van der Waals surface area (Å²) in [4.78, 5) is 18.6. The lowest BCUT2D eigenvalue weighted by molar-refractivity contribution is 0.0697. The van der Waals surface area contributed by atoms with Crippen molar-refractivity contribution < 1.29 is 9.90 Å². The molecule has 0 bridgehead atoms. The maximum atomic E-state index is 11.9.